The molecule has 1 atom stereocenters. The number of amides is 4. The molecule has 12 heteroatoms. The van der Waals surface area contributed by atoms with E-state index in [1.807, 2.05) is 36.4 Å². The molecule has 0 aromatic heterocycles. The molecule has 0 saturated carbocycles. The Hall–Kier alpha value is -5.85. The number of nitrogens with zero attached hydrogens (tertiary/aromatic N) is 3. The van der Waals surface area contributed by atoms with Crippen LogP contribution in [0.3, 0.4) is 0 Å². The zero-order chi connectivity index (χ0) is 41.9. The van der Waals surface area contributed by atoms with E-state index >= 15 is 4.39 Å². The smallest absolute Gasteiger partial charge is 0.262 e. The van der Waals surface area contributed by atoms with E-state index in [0.717, 1.165) is 116 Å². The number of allylic oxidation sites excluding steroid dienone is 1. The molecule has 4 aliphatic rings. The Morgan fingerprint density at radius 1 is 0.733 bits per heavy atom. The lowest BCUT2D eigenvalue weighted by Crippen LogP contribution is -2.54. The lowest BCUT2D eigenvalue weighted by Gasteiger charge is -2.37. The van der Waals surface area contributed by atoms with Gasteiger partial charge in [0.05, 0.1) is 11.1 Å². The summed E-state index contributed by atoms with van der Waals surface area (Å²) in [6, 6.07) is 24.3. The van der Waals surface area contributed by atoms with Crippen LogP contribution < -0.4 is 10.1 Å². The first-order chi connectivity index (χ1) is 29.1. The van der Waals surface area contributed by atoms with Gasteiger partial charge >= 0.3 is 0 Å². The first-order valence-electron chi connectivity index (χ1n) is 21.1. The molecule has 4 aromatic rings. The molecule has 3 N–H and O–H groups in total. The highest BCUT2D eigenvalue weighted by molar-refractivity contribution is 6.23. The molecule has 8 rings (SSSR count). The van der Waals surface area contributed by atoms with Gasteiger partial charge in [0.25, 0.3) is 11.8 Å². The van der Waals surface area contributed by atoms with Crippen LogP contribution in [-0.2, 0) is 9.59 Å². The predicted molar refractivity (Wildman–Crippen MR) is 225 cm³/mol. The summed E-state index contributed by atoms with van der Waals surface area (Å²) in [4.78, 5) is 56.3. The van der Waals surface area contributed by atoms with Gasteiger partial charge in [0.15, 0.2) is 0 Å². The SMILES string of the molecule is CCC(=C(c1ccc(O)cc1)c1ccc(OCCN2CCC(CN3CCC(c4cc5c(cc4F)C(=O)N(C4CCC(=O)NC4=O)C5=O)CC3)CC2)cc1)c1ccc(O)cc1. The Bertz CT molecular complexity index is 2280. The fraction of sp³-hybridized carbons (Fsp3) is 0.375. The van der Waals surface area contributed by atoms with Crippen LogP contribution >= 0.6 is 0 Å². The van der Waals surface area contributed by atoms with Crippen LogP contribution in [0.4, 0.5) is 4.39 Å². The van der Waals surface area contributed by atoms with Crippen LogP contribution in [0.25, 0.3) is 11.1 Å². The molecule has 3 saturated heterocycles. The highest BCUT2D eigenvalue weighted by Crippen LogP contribution is 2.38. The molecule has 0 radical (unpaired) electrons. The minimum atomic E-state index is -1.08. The maximum atomic E-state index is 15.5. The van der Waals surface area contributed by atoms with Crippen LogP contribution in [-0.4, -0.2) is 100 Å². The van der Waals surface area contributed by atoms with Crippen LogP contribution in [0.5, 0.6) is 17.2 Å². The van der Waals surface area contributed by atoms with E-state index in [9.17, 15) is 29.4 Å². The van der Waals surface area contributed by atoms with Crippen molar-refractivity contribution in [3.63, 3.8) is 0 Å². The first-order valence-corrected chi connectivity index (χ1v) is 21.1. The fourth-order valence-electron chi connectivity index (χ4n) is 9.35. The monoisotopic (exact) mass is 814 g/mol. The quantitative estimate of drug-likeness (QED) is 0.102. The zero-order valence-electron chi connectivity index (χ0n) is 33.9. The number of hydrogen-bond donors (Lipinski definition) is 3. The summed E-state index contributed by atoms with van der Waals surface area (Å²) in [5.41, 5.74) is 5.79. The number of phenolic OH excluding ortho intramolecular Hbond substituents is 2. The highest BCUT2D eigenvalue weighted by Gasteiger charge is 2.45. The average Bonchev–Trinajstić information content (AvgIpc) is 3.49. The van der Waals surface area contributed by atoms with Crippen molar-refractivity contribution >= 4 is 34.8 Å². The molecule has 0 spiro atoms. The number of halogens is 1. The van der Waals surface area contributed by atoms with Crippen molar-refractivity contribution in [3.8, 4) is 17.2 Å². The van der Waals surface area contributed by atoms with Crippen molar-refractivity contribution in [3.05, 3.63) is 124 Å². The third-order valence-corrected chi connectivity index (χ3v) is 12.7. The maximum Gasteiger partial charge on any atom is 0.262 e. The van der Waals surface area contributed by atoms with Gasteiger partial charge in [-0.05, 0) is 158 Å². The number of likely N-dealkylation sites (tertiary alicyclic amines) is 2. The molecule has 4 amide bonds. The van der Waals surface area contributed by atoms with Gasteiger partial charge < -0.3 is 19.8 Å². The van der Waals surface area contributed by atoms with Gasteiger partial charge in [-0.25, -0.2) is 4.39 Å². The third-order valence-electron chi connectivity index (χ3n) is 12.7. The number of rotatable bonds is 12. The summed E-state index contributed by atoms with van der Waals surface area (Å²) in [6.45, 7) is 8.20. The van der Waals surface area contributed by atoms with Gasteiger partial charge in [-0.15, -0.1) is 0 Å². The minimum absolute atomic E-state index is 0.0291. The molecule has 4 aliphatic heterocycles. The number of phenols is 2. The van der Waals surface area contributed by atoms with Crippen molar-refractivity contribution in [2.75, 3.05) is 45.9 Å². The summed E-state index contributed by atoms with van der Waals surface area (Å²) >= 11 is 0. The second-order valence-electron chi connectivity index (χ2n) is 16.4. The van der Waals surface area contributed by atoms with Gasteiger partial charge in [0, 0.05) is 19.5 Å². The predicted octanol–water partition coefficient (Wildman–Crippen LogP) is 6.98. The lowest BCUT2D eigenvalue weighted by molar-refractivity contribution is -0.136. The molecule has 0 aliphatic carbocycles. The molecule has 1 unspecified atom stereocenters. The van der Waals surface area contributed by atoms with E-state index in [1.54, 1.807) is 24.3 Å². The molecule has 312 valence electrons. The van der Waals surface area contributed by atoms with Gasteiger partial charge in [-0.1, -0.05) is 43.3 Å². The van der Waals surface area contributed by atoms with Gasteiger partial charge in [0.2, 0.25) is 11.8 Å². The number of benzene rings is 4. The lowest BCUT2D eigenvalue weighted by atomic mass is 9.86. The number of ether oxygens (including phenoxy) is 1. The van der Waals surface area contributed by atoms with E-state index < -0.39 is 35.5 Å². The standard InChI is InChI=1S/C48H51FN4O7/c1-2-38(31-3-9-35(54)10-4-31)45(33-5-11-36(55)12-6-33)34-7-13-37(14-8-34)60-26-25-51-21-17-30(18-22-51)29-52-23-19-32(20-24-52)39-27-40-41(28-42(39)49)48(59)53(47(40)58)43-15-16-44(56)50-46(43)57/h3-14,27-28,30,32,43,54-55H,2,15-26,29H2,1H3,(H,50,56,57). The second kappa shape index (κ2) is 17.8. The summed E-state index contributed by atoms with van der Waals surface area (Å²) < 4.78 is 21.7. The van der Waals surface area contributed by atoms with Crippen molar-refractivity contribution in [2.45, 2.75) is 63.8 Å². The highest BCUT2D eigenvalue weighted by atomic mass is 19.1. The van der Waals surface area contributed by atoms with Gasteiger partial charge in [-0.2, -0.15) is 0 Å². The van der Waals surface area contributed by atoms with E-state index in [0.29, 0.717) is 18.1 Å². The Balaban J connectivity index is 0.800. The summed E-state index contributed by atoms with van der Waals surface area (Å²) in [7, 11) is 0. The molecule has 3 fully saturated rings. The minimum Gasteiger partial charge on any atom is -0.508 e. The summed E-state index contributed by atoms with van der Waals surface area (Å²) in [5.74, 6) is -1.19. The first kappa shape index (κ1) is 40.9. The van der Waals surface area contributed by atoms with Crippen LogP contribution in [0.15, 0.2) is 84.9 Å². The number of aromatic hydroxyl groups is 2. The zero-order valence-corrected chi connectivity index (χ0v) is 33.9. The average molecular weight is 815 g/mol. The summed E-state index contributed by atoms with van der Waals surface area (Å²) in [5, 5.41) is 22.0. The summed E-state index contributed by atoms with van der Waals surface area (Å²) in [6.07, 6.45) is 4.56. The fourth-order valence-corrected chi connectivity index (χ4v) is 9.35. The molecular weight excluding hydrogens is 764 g/mol. The third kappa shape index (κ3) is 8.71. The van der Waals surface area contributed by atoms with Gasteiger partial charge in [0.1, 0.15) is 35.7 Å². The number of imide groups is 2. The number of carbonyl (C=O) groups excluding carboxylic acids is 4. The molecule has 4 heterocycles. The molecule has 60 heavy (non-hydrogen) atoms. The topological polar surface area (TPSA) is 140 Å². The molecular formula is C48H51FN4O7. The van der Waals surface area contributed by atoms with Crippen molar-refractivity contribution in [1.29, 1.82) is 0 Å². The molecule has 0 bridgehead atoms. The number of hydrogen-bond acceptors (Lipinski definition) is 9. The Labute approximate surface area is 349 Å². The second-order valence-corrected chi connectivity index (χ2v) is 16.4. The molecule has 4 aromatic carbocycles. The maximum absolute atomic E-state index is 15.5. The number of nitrogens with one attached hydrogen (secondary N) is 1. The number of carbonyl (C=O) groups is 4. The van der Waals surface area contributed by atoms with Crippen LogP contribution in [0.2, 0.25) is 0 Å². The van der Waals surface area contributed by atoms with Crippen molar-refractivity contribution in [2.24, 2.45) is 5.92 Å². The van der Waals surface area contributed by atoms with Crippen LogP contribution in [0, 0.1) is 11.7 Å². The van der Waals surface area contributed by atoms with E-state index in [1.165, 1.54) is 6.07 Å². The van der Waals surface area contributed by atoms with E-state index in [2.05, 4.69) is 34.2 Å². The Morgan fingerprint density at radius 2 is 1.30 bits per heavy atom. The molecule has 11 nitrogen and oxygen atoms in total. The van der Waals surface area contributed by atoms with Crippen LogP contribution in [0.1, 0.15) is 101 Å². The number of fused-ring (bicyclic) bond motifs is 1. The van der Waals surface area contributed by atoms with Crippen molar-refractivity contribution in [1.82, 2.24) is 20.0 Å². The van der Waals surface area contributed by atoms with Gasteiger partial charge in [-0.3, -0.25) is 34.3 Å². The van der Waals surface area contributed by atoms with E-state index in [-0.39, 0.29) is 41.4 Å². The number of piperidine rings is 3. The normalized spacial score (nSPS) is 20.0. The van der Waals surface area contributed by atoms with E-state index in [4.69, 9.17) is 4.74 Å². The Kier molecular flexibility index (Phi) is 12.1. The van der Waals surface area contributed by atoms with Crippen molar-refractivity contribution < 1.29 is 38.5 Å². The largest absolute Gasteiger partial charge is 0.508 e. The Morgan fingerprint density at radius 3 is 1.90 bits per heavy atom.